The molecule has 32 heavy (non-hydrogen) atoms. The first-order chi connectivity index (χ1) is 15.3. The van der Waals surface area contributed by atoms with Gasteiger partial charge in [0.05, 0.1) is 20.8 Å². The Bertz CT molecular complexity index is 1460. The molecule has 0 aliphatic carbocycles. The smallest absolute Gasteiger partial charge is 0.307 e. The van der Waals surface area contributed by atoms with Crippen LogP contribution < -0.4 is 14.5 Å². The molecule has 7 nitrogen and oxygen atoms in total. The molecule has 0 atom stereocenters. The molecular weight excluding hydrogens is 453 g/mol. The molecule has 0 bridgehead atoms. The van der Waals surface area contributed by atoms with Crippen LogP contribution in [0.2, 0.25) is 0 Å². The van der Waals surface area contributed by atoms with E-state index in [1.807, 2.05) is 0 Å². The highest BCUT2D eigenvalue weighted by Crippen LogP contribution is 2.26. The van der Waals surface area contributed by atoms with Crippen LogP contribution in [-0.4, -0.2) is 25.4 Å². The minimum absolute atomic E-state index is 0.0634. The van der Waals surface area contributed by atoms with E-state index in [0.29, 0.717) is 10.4 Å². The van der Waals surface area contributed by atoms with Gasteiger partial charge in [0.25, 0.3) is 10.0 Å². The van der Waals surface area contributed by atoms with Gasteiger partial charge in [-0.3, -0.25) is 13.9 Å². The summed E-state index contributed by atoms with van der Waals surface area (Å²) >= 11 is 1.03. The third-order valence-corrected chi connectivity index (χ3v) is 7.58. The largest absolute Gasteiger partial charge is 0.324 e. The number of carbonyl (C=O) groups is 1. The van der Waals surface area contributed by atoms with Crippen molar-refractivity contribution in [3.05, 3.63) is 88.3 Å². The number of aryl methyl sites for hydroxylation is 1. The van der Waals surface area contributed by atoms with E-state index in [9.17, 15) is 22.4 Å². The Balaban J connectivity index is 1.66. The minimum atomic E-state index is -4.21. The second kappa shape index (κ2) is 8.56. The number of para-hydroxylation sites is 1. The number of aromatic nitrogens is 1. The molecular formula is C22H18FN3O4S2. The number of fused-ring (bicyclic) bond motifs is 1. The molecule has 0 spiro atoms. The lowest BCUT2D eigenvalue weighted by Gasteiger charge is -2.24. The SMILES string of the molecule is Cn1c(=O)sc2cc(NC(=O)CN(c3ccccc3F)S(=O)(=O)c3ccccc3)ccc21. The van der Waals surface area contributed by atoms with Gasteiger partial charge in [-0.1, -0.05) is 41.7 Å². The normalized spacial score (nSPS) is 11.4. The Labute approximate surface area is 187 Å². The van der Waals surface area contributed by atoms with Crippen molar-refractivity contribution in [2.24, 2.45) is 7.05 Å². The Morgan fingerprint density at radius 2 is 1.75 bits per heavy atom. The van der Waals surface area contributed by atoms with Gasteiger partial charge < -0.3 is 9.88 Å². The molecule has 1 amide bonds. The fourth-order valence-electron chi connectivity index (χ4n) is 3.22. The number of hydrogen-bond donors (Lipinski definition) is 1. The number of anilines is 2. The summed E-state index contributed by atoms with van der Waals surface area (Å²) in [6.07, 6.45) is 0. The maximum atomic E-state index is 14.5. The number of sulfonamides is 1. The topological polar surface area (TPSA) is 88.5 Å². The van der Waals surface area contributed by atoms with Crippen LogP contribution in [-0.2, 0) is 21.9 Å². The number of rotatable bonds is 6. The van der Waals surface area contributed by atoms with Gasteiger partial charge in [-0.25, -0.2) is 12.8 Å². The summed E-state index contributed by atoms with van der Waals surface area (Å²) in [5.74, 6) is -1.43. The van der Waals surface area contributed by atoms with Crippen molar-refractivity contribution in [1.29, 1.82) is 0 Å². The number of nitrogens with one attached hydrogen (secondary N) is 1. The lowest BCUT2D eigenvalue weighted by Crippen LogP contribution is -2.38. The third kappa shape index (κ3) is 4.14. The van der Waals surface area contributed by atoms with Gasteiger partial charge in [-0.15, -0.1) is 0 Å². The Hall–Kier alpha value is -3.50. The Morgan fingerprint density at radius 3 is 2.47 bits per heavy atom. The second-order valence-corrected chi connectivity index (χ2v) is 9.79. The van der Waals surface area contributed by atoms with E-state index >= 15 is 0 Å². The van der Waals surface area contributed by atoms with Gasteiger partial charge in [-0.2, -0.15) is 0 Å². The summed E-state index contributed by atoms with van der Waals surface area (Å²) in [4.78, 5) is 24.4. The van der Waals surface area contributed by atoms with Crippen molar-refractivity contribution in [3.63, 3.8) is 0 Å². The van der Waals surface area contributed by atoms with Gasteiger partial charge in [0.1, 0.15) is 12.4 Å². The number of amides is 1. The molecule has 0 saturated carbocycles. The second-order valence-electron chi connectivity index (χ2n) is 6.93. The fraction of sp³-hybridized carbons (Fsp3) is 0.0909. The molecule has 164 valence electrons. The molecule has 0 fully saturated rings. The maximum Gasteiger partial charge on any atom is 0.307 e. The van der Waals surface area contributed by atoms with E-state index in [0.717, 1.165) is 27.2 Å². The van der Waals surface area contributed by atoms with Crippen molar-refractivity contribution >= 4 is 48.9 Å². The van der Waals surface area contributed by atoms with E-state index < -0.39 is 28.3 Å². The molecule has 1 heterocycles. The van der Waals surface area contributed by atoms with Gasteiger partial charge in [-0.05, 0) is 42.5 Å². The van der Waals surface area contributed by atoms with Crippen LogP contribution >= 0.6 is 11.3 Å². The molecule has 0 aliphatic rings. The molecule has 0 radical (unpaired) electrons. The van der Waals surface area contributed by atoms with Crippen LogP contribution in [0, 0.1) is 5.82 Å². The van der Waals surface area contributed by atoms with Crippen LogP contribution in [0.4, 0.5) is 15.8 Å². The first kappa shape index (κ1) is 21.7. The van der Waals surface area contributed by atoms with Crippen LogP contribution in [0.15, 0.2) is 82.5 Å². The zero-order chi connectivity index (χ0) is 22.9. The van der Waals surface area contributed by atoms with E-state index in [1.54, 1.807) is 43.4 Å². The molecule has 4 rings (SSSR count). The zero-order valence-corrected chi connectivity index (χ0v) is 18.5. The lowest BCUT2D eigenvalue weighted by molar-refractivity contribution is -0.114. The predicted octanol–water partition coefficient (Wildman–Crippen LogP) is 3.57. The van der Waals surface area contributed by atoms with Crippen LogP contribution in [0.3, 0.4) is 0 Å². The number of benzene rings is 3. The van der Waals surface area contributed by atoms with E-state index in [-0.39, 0.29) is 15.5 Å². The summed E-state index contributed by atoms with van der Waals surface area (Å²) in [7, 11) is -2.56. The third-order valence-electron chi connectivity index (χ3n) is 4.82. The van der Waals surface area contributed by atoms with E-state index in [2.05, 4.69) is 5.32 Å². The number of halogens is 1. The highest BCUT2D eigenvalue weighted by Gasteiger charge is 2.29. The fourth-order valence-corrected chi connectivity index (χ4v) is 5.58. The summed E-state index contributed by atoms with van der Waals surface area (Å²) in [5, 5.41) is 2.63. The summed E-state index contributed by atoms with van der Waals surface area (Å²) in [6, 6.07) is 17.8. The maximum absolute atomic E-state index is 14.5. The van der Waals surface area contributed by atoms with Crippen LogP contribution in [0.25, 0.3) is 10.2 Å². The highest BCUT2D eigenvalue weighted by atomic mass is 32.2. The first-order valence-corrected chi connectivity index (χ1v) is 11.7. The minimum Gasteiger partial charge on any atom is -0.324 e. The highest BCUT2D eigenvalue weighted by molar-refractivity contribution is 7.92. The van der Waals surface area contributed by atoms with Crippen molar-refractivity contribution in [3.8, 4) is 0 Å². The molecule has 1 N–H and O–H groups in total. The van der Waals surface area contributed by atoms with Gasteiger partial charge >= 0.3 is 4.87 Å². The molecule has 0 unspecified atom stereocenters. The van der Waals surface area contributed by atoms with Crippen molar-refractivity contribution < 1.29 is 17.6 Å². The average Bonchev–Trinajstić information content (AvgIpc) is 3.06. The zero-order valence-electron chi connectivity index (χ0n) is 16.9. The van der Waals surface area contributed by atoms with Crippen molar-refractivity contribution in [2.75, 3.05) is 16.2 Å². The standard InChI is InChI=1S/C22H18FN3O4S2/c1-25-19-12-11-15(13-20(19)31-22(25)28)24-21(27)14-26(18-10-6-5-9-17(18)23)32(29,30)16-7-3-2-4-8-16/h2-13H,14H2,1H3,(H,24,27). The first-order valence-electron chi connectivity index (χ1n) is 9.49. The number of nitrogens with zero attached hydrogens (tertiary/aromatic N) is 2. The molecule has 4 aromatic rings. The molecule has 10 heteroatoms. The average molecular weight is 472 g/mol. The lowest BCUT2D eigenvalue weighted by atomic mass is 10.3. The van der Waals surface area contributed by atoms with Crippen molar-refractivity contribution in [1.82, 2.24) is 4.57 Å². The van der Waals surface area contributed by atoms with E-state index in [4.69, 9.17) is 0 Å². The molecule has 1 aromatic heterocycles. The van der Waals surface area contributed by atoms with Crippen molar-refractivity contribution in [2.45, 2.75) is 4.90 Å². The number of hydrogen-bond acceptors (Lipinski definition) is 5. The Kier molecular flexibility index (Phi) is 5.81. The molecule has 3 aromatic carbocycles. The Morgan fingerprint density at radius 1 is 1.06 bits per heavy atom. The van der Waals surface area contributed by atoms with E-state index in [1.165, 1.54) is 34.9 Å². The van der Waals surface area contributed by atoms with Crippen LogP contribution in [0.1, 0.15) is 0 Å². The molecule has 0 saturated heterocycles. The summed E-state index contributed by atoms with van der Waals surface area (Å²) < 4.78 is 43.9. The number of carbonyl (C=O) groups excluding carboxylic acids is 1. The number of thiazole rings is 1. The van der Waals surface area contributed by atoms with Crippen LogP contribution in [0.5, 0.6) is 0 Å². The monoisotopic (exact) mass is 471 g/mol. The van der Waals surface area contributed by atoms with Gasteiger partial charge in [0.2, 0.25) is 5.91 Å². The molecule has 0 aliphatic heterocycles. The predicted molar refractivity (Wildman–Crippen MR) is 123 cm³/mol. The summed E-state index contributed by atoms with van der Waals surface area (Å²) in [6.45, 7) is -0.638. The van der Waals surface area contributed by atoms with Gasteiger partial charge in [0, 0.05) is 12.7 Å². The summed E-state index contributed by atoms with van der Waals surface area (Å²) in [5.41, 5.74) is 0.885. The van der Waals surface area contributed by atoms with Gasteiger partial charge in [0.15, 0.2) is 0 Å². The quantitative estimate of drug-likeness (QED) is 0.466.